The SMILES string of the molecule is CCCc1ccnc(OCC(=O)OCC)c1. The zero-order valence-corrected chi connectivity index (χ0v) is 9.73. The second-order valence-electron chi connectivity index (χ2n) is 3.35. The van der Waals surface area contributed by atoms with E-state index in [-0.39, 0.29) is 12.6 Å². The van der Waals surface area contributed by atoms with Gasteiger partial charge in [0.05, 0.1) is 6.61 Å². The zero-order chi connectivity index (χ0) is 11.8. The molecule has 0 fully saturated rings. The first-order valence-electron chi connectivity index (χ1n) is 5.49. The maximum Gasteiger partial charge on any atom is 0.344 e. The van der Waals surface area contributed by atoms with Crippen LogP contribution in [0.25, 0.3) is 0 Å². The molecule has 1 aromatic rings. The molecule has 0 spiro atoms. The lowest BCUT2D eigenvalue weighted by Gasteiger charge is -2.06. The van der Waals surface area contributed by atoms with Crippen molar-refractivity contribution in [3.63, 3.8) is 0 Å². The first-order valence-corrected chi connectivity index (χ1v) is 5.49. The molecule has 1 aromatic heterocycles. The minimum Gasteiger partial charge on any atom is -0.466 e. The summed E-state index contributed by atoms with van der Waals surface area (Å²) in [7, 11) is 0. The van der Waals surface area contributed by atoms with Crippen molar-refractivity contribution in [1.82, 2.24) is 4.98 Å². The summed E-state index contributed by atoms with van der Waals surface area (Å²) in [5.41, 5.74) is 1.16. The molecule has 0 aliphatic heterocycles. The summed E-state index contributed by atoms with van der Waals surface area (Å²) in [4.78, 5) is 15.1. The molecule has 0 unspecified atom stereocenters. The van der Waals surface area contributed by atoms with Crippen LogP contribution in [0.5, 0.6) is 5.88 Å². The molecule has 0 amide bonds. The molecule has 0 N–H and O–H groups in total. The average Bonchev–Trinajstić information content (AvgIpc) is 2.28. The molecule has 0 aliphatic rings. The molecule has 0 radical (unpaired) electrons. The number of pyridine rings is 1. The van der Waals surface area contributed by atoms with Gasteiger partial charge in [0.25, 0.3) is 0 Å². The van der Waals surface area contributed by atoms with E-state index < -0.39 is 0 Å². The molecule has 0 saturated heterocycles. The summed E-state index contributed by atoms with van der Waals surface area (Å²) in [6.07, 6.45) is 3.74. The van der Waals surface area contributed by atoms with Gasteiger partial charge in [0.15, 0.2) is 6.61 Å². The summed E-state index contributed by atoms with van der Waals surface area (Å²) in [5, 5.41) is 0. The molecule has 1 rings (SSSR count). The molecule has 0 bridgehead atoms. The van der Waals surface area contributed by atoms with Crippen molar-refractivity contribution in [1.29, 1.82) is 0 Å². The third-order valence-electron chi connectivity index (χ3n) is 1.98. The molecule has 1 heterocycles. The fraction of sp³-hybridized carbons (Fsp3) is 0.500. The van der Waals surface area contributed by atoms with Crippen LogP contribution in [0.1, 0.15) is 25.8 Å². The number of ether oxygens (including phenoxy) is 2. The van der Waals surface area contributed by atoms with Gasteiger partial charge in [0.2, 0.25) is 5.88 Å². The van der Waals surface area contributed by atoms with Crippen LogP contribution in [-0.2, 0) is 16.0 Å². The number of hydrogen-bond donors (Lipinski definition) is 0. The van der Waals surface area contributed by atoms with Crippen molar-refractivity contribution in [2.24, 2.45) is 0 Å². The molecule has 88 valence electrons. The van der Waals surface area contributed by atoms with E-state index in [2.05, 4.69) is 11.9 Å². The van der Waals surface area contributed by atoms with Gasteiger partial charge in [0, 0.05) is 12.3 Å². The lowest BCUT2D eigenvalue weighted by atomic mass is 10.1. The zero-order valence-electron chi connectivity index (χ0n) is 9.73. The van der Waals surface area contributed by atoms with E-state index in [9.17, 15) is 4.79 Å². The second kappa shape index (κ2) is 6.82. The topological polar surface area (TPSA) is 48.4 Å². The standard InChI is InChI=1S/C12H17NO3/c1-3-5-10-6-7-13-11(8-10)16-9-12(14)15-4-2/h6-8H,3-5,9H2,1-2H3. The molecular formula is C12H17NO3. The van der Waals surface area contributed by atoms with Gasteiger partial charge >= 0.3 is 5.97 Å². The van der Waals surface area contributed by atoms with Crippen molar-refractivity contribution in [2.45, 2.75) is 26.7 Å². The highest BCUT2D eigenvalue weighted by Crippen LogP contribution is 2.10. The number of hydrogen-bond acceptors (Lipinski definition) is 4. The first-order chi connectivity index (χ1) is 7.76. The monoisotopic (exact) mass is 223 g/mol. The number of carbonyl (C=O) groups is 1. The van der Waals surface area contributed by atoms with Crippen LogP contribution >= 0.6 is 0 Å². The summed E-state index contributed by atoms with van der Waals surface area (Å²) in [6.45, 7) is 4.15. The Kier molecular flexibility index (Phi) is 5.32. The maximum atomic E-state index is 11.1. The Hall–Kier alpha value is -1.58. The van der Waals surface area contributed by atoms with Crippen LogP contribution < -0.4 is 4.74 Å². The third-order valence-corrected chi connectivity index (χ3v) is 1.98. The van der Waals surface area contributed by atoms with E-state index in [1.165, 1.54) is 0 Å². The molecule has 0 saturated carbocycles. The average molecular weight is 223 g/mol. The van der Waals surface area contributed by atoms with E-state index >= 15 is 0 Å². The normalized spacial score (nSPS) is 9.88. The van der Waals surface area contributed by atoms with Gasteiger partial charge in [-0.1, -0.05) is 13.3 Å². The summed E-state index contributed by atoms with van der Waals surface area (Å²) in [5.74, 6) is 0.101. The van der Waals surface area contributed by atoms with E-state index in [1.54, 1.807) is 13.1 Å². The Bertz CT molecular complexity index is 339. The van der Waals surface area contributed by atoms with Crippen molar-refractivity contribution >= 4 is 5.97 Å². The quantitative estimate of drug-likeness (QED) is 0.692. The fourth-order valence-electron chi connectivity index (χ4n) is 1.31. The third kappa shape index (κ3) is 4.29. The van der Waals surface area contributed by atoms with Gasteiger partial charge < -0.3 is 9.47 Å². The minimum atomic E-state index is -0.370. The molecule has 0 aliphatic carbocycles. The molecule has 4 nitrogen and oxygen atoms in total. The molecule has 0 atom stereocenters. The number of carbonyl (C=O) groups excluding carboxylic acids is 1. The van der Waals surface area contributed by atoms with E-state index in [0.717, 1.165) is 18.4 Å². The molecule has 16 heavy (non-hydrogen) atoms. The second-order valence-corrected chi connectivity index (χ2v) is 3.35. The highest BCUT2D eigenvalue weighted by molar-refractivity contribution is 5.70. The Balaban J connectivity index is 2.47. The lowest BCUT2D eigenvalue weighted by molar-refractivity contribution is -0.145. The molecular weight excluding hydrogens is 206 g/mol. The molecule has 4 heteroatoms. The predicted molar refractivity (Wildman–Crippen MR) is 60.4 cm³/mol. The summed E-state index contributed by atoms with van der Waals surface area (Å²) < 4.78 is 9.97. The number of aryl methyl sites for hydroxylation is 1. The van der Waals surface area contributed by atoms with Crippen LogP contribution in [0.2, 0.25) is 0 Å². The van der Waals surface area contributed by atoms with Crippen molar-refractivity contribution in [2.75, 3.05) is 13.2 Å². The van der Waals surface area contributed by atoms with Crippen molar-refractivity contribution in [3.8, 4) is 5.88 Å². The largest absolute Gasteiger partial charge is 0.466 e. The maximum absolute atomic E-state index is 11.1. The Labute approximate surface area is 95.6 Å². The highest BCUT2D eigenvalue weighted by atomic mass is 16.6. The van der Waals surface area contributed by atoms with E-state index in [4.69, 9.17) is 9.47 Å². The van der Waals surface area contributed by atoms with E-state index in [1.807, 2.05) is 12.1 Å². The van der Waals surface area contributed by atoms with Gasteiger partial charge in [-0.25, -0.2) is 9.78 Å². The fourth-order valence-corrected chi connectivity index (χ4v) is 1.31. The minimum absolute atomic E-state index is 0.0869. The summed E-state index contributed by atoms with van der Waals surface area (Å²) in [6, 6.07) is 3.80. The Morgan fingerprint density at radius 3 is 2.94 bits per heavy atom. The number of esters is 1. The van der Waals surface area contributed by atoms with Gasteiger partial charge in [-0.15, -0.1) is 0 Å². The van der Waals surface area contributed by atoms with Crippen molar-refractivity contribution < 1.29 is 14.3 Å². The first kappa shape index (κ1) is 12.5. The van der Waals surface area contributed by atoms with Crippen molar-refractivity contribution in [3.05, 3.63) is 23.9 Å². The van der Waals surface area contributed by atoms with Gasteiger partial charge in [-0.2, -0.15) is 0 Å². The summed E-state index contributed by atoms with van der Waals surface area (Å²) >= 11 is 0. The van der Waals surface area contributed by atoms with Crippen LogP contribution in [0.3, 0.4) is 0 Å². The predicted octanol–water partition coefficient (Wildman–Crippen LogP) is 1.98. The number of nitrogens with zero attached hydrogens (tertiary/aromatic N) is 1. The van der Waals surface area contributed by atoms with E-state index in [0.29, 0.717) is 12.5 Å². The molecule has 0 aromatic carbocycles. The van der Waals surface area contributed by atoms with Crippen LogP contribution in [0.4, 0.5) is 0 Å². The number of rotatable bonds is 6. The van der Waals surface area contributed by atoms with Crippen LogP contribution in [0, 0.1) is 0 Å². The van der Waals surface area contributed by atoms with Gasteiger partial charge in [-0.05, 0) is 25.0 Å². The van der Waals surface area contributed by atoms with Gasteiger partial charge in [0.1, 0.15) is 0 Å². The lowest BCUT2D eigenvalue weighted by Crippen LogP contribution is -2.15. The smallest absolute Gasteiger partial charge is 0.344 e. The van der Waals surface area contributed by atoms with Crippen LogP contribution in [0.15, 0.2) is 18.3 Å². The Morgan fingerprint density at radius 2 is 2.25 bits per heavy atom. The van der Waals surface area contributed by atoms with Gasteiger partial charge in [-0.3, -0.25) is 0 Å². The number of aromatic nitrogens is 1. The highest BCUT2D eigenvalue weighted by Gasteiger charge is 2.04. The van der Waals surface area contributed by atoms with Crippen LogP contribution in [-0.4, -0.2) is 24.2 Å². The Morgan fingerprint density at radius 1 is 1.44 bits per heavy atom.